The molecular weight excluding hydrogens is 275 g/mol. The maximum Gasteiger partial charge on any atom is 0.0644 e. The summed E-state index contributed by atoms with van der Waals surface area (Å²) in [7, 11) is 0. The Balaban J connectivity index is 3.08. The zero-order chi connectivity index (χ0) is 9.84. The van der Waals surface area contributed by atoms with Crippen LogP contribution in [0.2, 0.25) is 0 Å². The zero-order valence-electron chi connectivity index (χ0n) is 7.84. The molecule has 1 aromatic carbocycles. The third kappa shape index (κ3) is 2.81. The molecule has 0 amide bonds. The van der Waals surface area contributed by atoms with E-state index in [0.29, 0.717) is 0 Å². The molecule has 1 aromatic rings. The minimum atomic E-state index is 0.136. The van der Waals surface area contributed by atoms with E-state index in [1.54, 1.807) is 0 Å². The first-order valence-corrected chi connectivity index (χ1v) is 5.26. The number of allylic oxidation sites excluding steroid dienone is 1. The fraction of sp³-hybridized carbons (Fsp3) is 0.273. The van der Waals surface area contributed by atoms with Gasteiger partial charge in [-0.1, -0.05) is 12.1 Å². The smallest absolute Gasteiger partial charge is 0.0644 e. The third-order valence-electron chi connectivity index (χ3n) is 2.13. The summed E-state index contributed by atoms with van der Waals surface area (Å²) < 4.78 is 1.22. The van der Waals surface area contributed by atoms with Gasteiger partial charge in [0.05, 0.1) is 6.61 Å². The summed E-state index contributed by atoms with van der Waals surface area (Å²) in [4.78, 5) is 0. The molecule has 0 aliphatic heterocycles. The van der Waals surface area contributed by atoms with Crippen LogP contribution in [0.4, 0.5) is 0 Å². The van der Waals surface area contributed by atoms with E-state index in [0.717, 1.165) is 5.57 Å². The molecule has 0 bridgehead atoms. The van der Waals surface area contributed by atoms with Crippen molar-refractivity contribution in [2.45, 2.75) is 13.8 Å². The summed E-state index contributed by atoms with van der Waals surface area (Å²) in [5.74, 6) is 0. The van der Waals surface area contributed by atoms with Crippen molar-refractivity contribution in [2.24, 2.45) is 0 Å². The molecule has 0 fully saturated rings. The Labute approximate surface area is 92.6 Å². The molecular formula is C11H13IO. The summed E-state index contributed by atoms with van der Waals surface area (Å²) >= 11 is 2.29. The third-order valence-corrected chi connectivity index (χ3v) is 2.81. The molecule has 1 rings (SSSR count). The Morgan fingerprint density at radius 1 is 1.38 bits per heavy atom. The summed E-state index contributed by atoms with van der Waals surface area (Å²) in [6.45, 7) is 4.13. The second-order valence-corrected chi connectivity index (χ2v) is 4.32. The van der Waals surface area contributed by atoms with Gasteiger partial charge in [-0.3, -0.25) is 0 Å². The van der Waals surface area contributed by atoms with Gasteiger partial charge in [0.25, 0.3) is 0 Å². The predicted molar refractivity (Wildman–Crippen MR) is 64.5 cm³/mol. The maximum atomic E-state index is 8.98. The molecule has 1 nitrogen and oxygen atoms in total. The molecule has 0 aliphatic carbocycles. The number of aliphatic hydroxyl groups is 1. The van der Waals surface area contributed by atoms with E-state index in [2.05, 4.69) is 40.8 Å². The van der Waals surface area contributed by atoms with Gasteiger partial charge in [-0.15, -0.1) is 0 Å². The van der Waals surface area contributed by atoms with Crippen molar-refractivity contribution in [3.05, 3.63) is 39.0 Å². The van der Waals surface area contributed by atoms with Crippen molar-refractivity contribution in [2.75, 3.05) is 6.61 Å². The summed E-state index contributed by atoms with van der Waals surface area (Å²) in [6, 6.07) is 8.28. The molecule has 0 saturated heterocycles. The van der Waals surface area contributed by atoms with Crippen LogP contribution in [0.5, 0.6) is 0 Å². The van der Waals surface area contributed by atoms with Crippen LogP contribution in [0.1, 0.15) is 19.4 Å². The summed E-state index contributed by atoms with van der Waals surface area (Å²) in [5.41, 5.74) is 3.39. The normalized spacial score (nSPS) is 12.6. The van der Waals surface area contributed by atoms with Crippen molar-refractivity contribution in [3.8, 4) is 0 Å². The van der Waals surface area contributed by atoms with Crippen molar-refractivity contribution in [1.29, 1.82) is 0 Å². The van der Waals surface area contributed by atoms with Crippen LogP contribution < -0.4 is 0 Å². The standard InChI is InChI=1S/C11H13IO/c1-8(7-13)9(2)10-4-3-5-11(12)6-10/h3-6,13H,7H2,1-2H3/b9-8+. The average molecular weight is 288 g/mol. The largest absolute Gasteiger partial charge is 0.392 e. The van der Waals surface area contributed by atoms with Gasteiger partial charge < -0.3 is 5.11 Å². The second kappa shape index (κ2) is 4.77. The fourth-order valence-electron chi connectivity index (χ4n) is 1.09. The van der Waals surface area contributed by atoms with Crippen molar-refractivity contribution in [1.82, 2.24) is 0 Å². The molecule has 0 saturated carbocycles. The molecule has 0 unspecified atom stereocenters. The van der Waals surface area contributed by atoms with Crippen LogP contribution in [-0.2, 0) is 0 Å². The number of halogens is 1. The minimum Gasteiger partial charge on any atom is -0.392 e. The Morgan fingerprint density at radius 2 is 2.08 bits per heavy atom. The maximum absolute atomic E-state index is 8.98. The van der Waals surface area contributed by atoms with Gasteiger partial charge in [0.1, 0.15) is 0 Å². The van der Waals surface area contributed by atoms with Crippen LogP contribution in [0.15, 0.2) is 29.8 Å². The van der Waals surface area contributed by atoms with E-state index in [4.69, 9.17) is 5.11 Å². The van der Waals surface area contributed by atoms with E-state index < -0.39 is 0 Å². The molecule has 0 spiro atoms. The molecule has 0 aliphatic rings. The topological polar surface area (TPSA) is 20.2 Å². The Morgan fingerprint density at radius 3 is 2.62 bits per heavy atom. The molecule has 1 N–H and O–H groups in total. The Kier molecular flexibility index (Phi) is 3.93. The van der Waals surface area contributed by atoms with E-state index in [1.165, 1.54) is 14.7 Å². The fourth-order valence-corrected chi connectivity index (χ4v) is 1.63. The van der Waals surface area contributed by atoms with E-state index in [1.807, 2.05) is 19.9 Å². The number of aliphatic hydroxyl groups excluding tert-OH is 1. The highest BCUT2D eigenvalue weighted by molar-refractivity contribution is 14.1. The molecule has 0 heterocycles. The summed E-state index contributed by atoms with van der Waals surface area (Å²) in [6.07, 6.45) is 0. The highest BCUT2D eigenvalue weighted by Crippen LogP contribution is 2.19. The first kappa shape index (κ1) is 10.7. The SMILES string of the molecule is C/C(CO)=C(/C)c1cccc(I)c1. The van der Waals surface area contributed by atoms with Crippen LogP contribution in [0.3, 0.4) is 0 Å². The molecule has 13 heavy (non-hydrogen) atoms. The van der Waals surface area contributed by atoms with Gasteiger partial charge >= 0.3 is 0 Å². The quantitative estimate of drug-likeness (QED) is 0.829. The van der Waals surface area contributed by atoms with Crippen LogP contribution in [0.25, 0.3) is 5.57 Å². The highest BCUT2D eigenvalue weighted by Gasteiger charge is 1.99. The molecule has 0 aromatic heterocycles. The lowest BCUT2D eigenvalue weighted by Crippen LogP contribution is -1.90. The summed E-state index contributed by atoms with van der Waals surface area (Å²) in [5, 5.41) is 8.98. The first-order valence-electron chi connectivity index (χ1n) is 4.18. The molecule has 0 atom stereocenters. The zero-order valence-corrected chi connectivity index (χ0v) is 10.00. The van der Waals surface area contributed by atoms with E-state index in [-0.39, 0.29) is 6.61 Å². The van der Waals surface area contributed by atoms with Gasteiger partial charge in [-0.2, -0.15) is 0 Å². The van der Waals surface area contributed by atoms with Crippen LogP contribution >= 0.6 is 22.6 Å². The van der Waals surface area contributed by atoms with Crippen LogP contribution in [0, 0.1) is 3.57 Å². The minimum absolute atomic E-state index is 0.136. The van der Waals surface area contributed by atoms with Gasteiger partial charge in [0.2, 0.25) is 0 Å². The average Bonchev–Trinajstić information content (AvgIpc) is 2.15. The number of hydrogen-bond acceptors (Lipinski definition) is 1. The Hall–Kier alpha value is -0.350. The predicted octanol–water partition coefficient (Wildman–Crippen LogP) is 3.08. The van der Waals surface area contributed by atoms with E-state index >= 15 is 0 Å². The van der Waals surface area contributed by atoms with Crippen molar-refractivity contribution >= 4 is 28.2 Å². The van der Waals surface area contributed by atoms with Gasteiger partial charge in [0, 0.05) is 3.57 Å². The lowest BCUT2D eigenvalue weighted by atomic mass is 10.0. The lowest BCUT2D eigenvalue weighted by Gasteiger charge is -2.05. The molecule has 2 heteroatoms. The lowest BCUT2D eigenvalue weighted by molar-refractivity contribution is 0.332. The van der Waals surface area contributed by atoms with Gasteiger partial charge in [-0.25, -0.2) is 0 Å². The number of rotatable bonds is 2. The molecule has 70 valence electrons. The van der Waals surface area contributed by atoms with Crippen molar-refractivity contribution in [3.63, 3.8) is 0 Å². The number of benzene rings is 1. The van der Waals surface area contributed by atoms with E-state index in [9.17, 15) is 0 Å². The number of hydrogen-bond donors (Lipinski definition) is 1. The first-order chi connectivity index (χ1) is 6.15. The van der Waals surface area contributed by atoms with Gasteiger partial charge in [-0.05, 0) is 65.3 Å². The molecule has 0 radical (unpaired) electrons. The monoisotopic (exact) mass is 288 g/mol. The van der Waals surface area contributed by atoms with Crippen molar-refractivity contribution < 1.29 is 5.11 Å². The van der Waals surface area contributed by atoms with Gasteiger partial charge in [0.15, 0.2) is 0 Å². The van der Waals surface area contributed by atoms with Crippen LogP contribution in [-0.4, -0.2) is 11.7 Å². The second-order valence-electron chi connectivity index (χ2n) is 3.07. The highest BCUT2D eigenvalue weighted by atomic mass is 127. The Bertz CT molecular complexity index is 329.